The Morgan fingerprint density at radius 1 is 1.11 bits per heavy atom. The molecule has 0 amide bonds. The third-order valence-electron chi connectivity index (χ3n) is 2.95. The highest BCUT2D eigenvalue weighted by atomic mass is 79.9. The predicted octanol–water partition coefficient (Wildman–Crippen LogP) is 4.83. The Labute approximate surface area is 121 Å². The highest BCUT2D eigenvalue weighted by Crippen LogP contribution is 2.31. The van der Waals surface area contributed by atoms with Crippen LogP contribution in [0, 0.1) is 12.0 Å². The van der Waals surface area contributed by atoms with Crippen molar-refractivity contribution >= 4 is 15.9 Å². The molecule has 1 radical (unpaired) electrons. The van der Waals surface area contributed by atoms with Crippen molar-refractivity contribution in [2.75, 3.05) is 6.61 Å². The molecular formula is C16H14BrO2. The Morgan fingerprint density at radius 2 is 1.95 bits per heavy atom. The van der Waals surface area contributed by atoms with Gasteiger partial charge in [0.2, 0.25) is 0 Å². The maximum Gasteiger partial charge on any atom is 0.131 e. The molecule has 0 atom stereocenters. The topological polar surface area (TPSA) is 18.5 Å². The van der Waals surface area contributed by atoms with Gasteiger partial charge in [-0.05, 0) is 55.2 Å². The van der Waals surface area contributed by atoms with Crippen LogP contribution >= 0.6 is 15.9 Å². The van der Waals surface area contributed by atoms with Gasteiger partial charge in [0.05, 0.1) is 6.61 Å². The summed E-state index contributed by atoms with van der Waals surface area (Å²) in [5, 5.41) is 0. The van der Waals surface area contributed by atoms with E-state index in [1.54, 1.807) is 0 Å². The van der Waals surface area contributed by atoms with Gasteiger partial charge in [-0.1, -0.05) is 22.0 Å². The third-order valence-corrected chi connectivity index (χ3v) is 3.41. The second-order valence-electron chi connectivity index (χ2n) is 4.72. The molecule has 19 heavy (non-hydrogen) atoms. The zero-order valence-electron chi connectivity index (χ0n) is 10.4. The van der Waals surface area contributed by atoms with Crippen molar-refractivity contribution in [2.24, 2.45) is 5.92 Å². The van der Waals surface area contributed by atoms with E-state index in [1.165, 1.54) is 12.8 Å². The van der Waals surface area contributed by atoms with Gasteiger partial charge < -0.3 is 9.47 Å². The molecule has 1 fully saturated rings. The number of hydrogen-bond donors (Lipinski definition) is 0. The molecule has 97 valence electrons. The van der Waals surface area contributed by atoms with Crippen LogP contribution < -0.4 is 9.47 Å². The van der Waals surface area contributed by atoms with Crippen molar-refractivity contribution in [1.29, 1.82) is 0 Å². The summed E-state index contributed by atoms with van der Waals surface area (Å²) in [5.41, 5.74) is 0. The Morgan fingerprint density at radius 3 is 2.74 bits per heavy atom. The summed E-state index contributed by atoms with van der Waals surface area (Å²) in [6.07, 6.45) is 2.59. The minimum atomic E-state index is 0.754. The molecule has 0 N–H and O–H groups in total. The first-order valence-corrected chi connectivity index (χ1v) is 7.16. The number of rotatable bonds is 5. The molecule has 0 spiro atoms. The number of ether oxygens (including phenoxy) is 2. The van der Waals surface area contributed by atoms with E-state index in [-0.39, 0.29) is 0 Å². The van der Waals surface area contributed by atoms with Crippen LogP contribution in [0.1, 0.15) is 12.8 Å². The number of benzene rings is 2. The lowest BCUT2D eigenvalue weighted by Crippen LogP contribution is -1.98. The van der Waals surface area contributed by atoms with Gasteiger partial charge in [0.1, 0.15) is 17.2 Å². The molecule has 3 heteroatoms. The molecule has 0 aliphatic heterocycles. The first-order valence-electron chi connectivity index (χ1n) is 6.37. The largest absolute Gasteiger partial charge is 0.493 e. The van der Waals surface area contributed by atoms with E-state index in [0.29, 0.717) is 0 Å². The van der Waals surface area contributed by atoms with Gasteiger partial charge >= 0.3 is 0 Å². The highest BCUT2D eigenvalue weighted by molar-refractivity contribution is 9.10. The van der Waals surface area contributed by atoms with Crippen molar-refractivity contribution in [1.82, 2.24) is 0 Å². The number of hydrogen-bond acceptors (Lipinski definition) is 2. The summed E-state index contributed by atoms with van der Waals surface area (Å²) in [6, 6.07) is 16.3. The van der Waals surface area contributed by atoms with Crippen LogP contribution in [0.4, 0.5) is 0 Å². The maximum absolute atomic E-state index is 5.78. The lowest BCUT2D eigenvalue weighted by Gasteiger charge is -2.09. The van der Waals surface area contributed by atoms with Crippen molar-refractivity contribution < 1.29 is 9.47 Å². The van der Waals surface area contributed by atoms with Crippen molar-refractivity contribution in [3.63, 3.8) is 0 Å². The Bertz CT molecular complexity index is 564. The first-order chi connectivity index (χ1) is 9.29. The molecule has 0 heterocycles. The van der Waals surface area contributed by atoms with E-state index in [2.05, 4.69) is 22.0 Å². The first kappa shape index (κ1) is 12.5. The Hall–Kier alpha value is -1.48. The van der Waals surface area contributed by atoms with E-state index < -0.39 is 0 Å². The normalized spacial score (nSPS) is 14.2. The summed E-state index contributed by atoms with van der Waals surface area (Å²) in [7, 11) is 0. The van der Waals surface area contributed by atoms with Crippen molar-refractivity contribution in [2.45, 2.75) is 12.8 Å². The summed E-state index contributed by atoms with van der Waals surface area (Å²) >= 11 is 3.40. The lowest BCUT2D eigenvalue weighted by molar-refractivity contribution is 0.298. The summed E-state index contributed by atoms with van der Waals surface area (Å²) in [4.78, 5) is 0. The minimum absolute atomic E-state index is 0.754. The molecule has 0 aromatic heterocycles. The lowest BCUT2D eigenvalue weighted by atomic mass is 10.3. The third kappa shape index (κ3) is 3.74. The van der Waals surface area contributed by atoms with Crippen LogP contribution in [0.25, 0.3) is 0 Å². The second-order valence-corrected chi connectivity index (χ2v) is 5.63. The molecule has 0 bridgehead atoms. The molecule has 1 saturated carbocycles. The molecule has 3 rings (SSSR count). The van der Waals surface area contributed by atoms with Gasteiger partial charge in [-0.2, -0.15) is 0 Å². The molecule has 1 aliphatic carbocycles. The summed E-state index contributed by atoms with van der Waals surface area (Å²) in [5.74, 6) is 3.15. The highest BCUT2D eigenvalue weighted by Gasteiger charge is 2.21. The van der Waals surface area contributed by atoms with Gasteiger partial charge in [0.25, 0.3) is 0 Å². The molecule has 2 nitrogen and oxygen atoms in total. The van der Waals surface area contributed by atoms with Gasteiger partial charge in [0.15, 0.2) is 0 Å². The van der Waals surface area contributed by atoms with Crippen LogP contribution in [-0.4, -0.2) is 6.61 Å². The van der Waals surface area contributed by atoms with Gasteiger partial charge in [-0.3, -0.25) is 0 Å². The fourth-order valence-corrected chi connectivity index (χ4v) is 2.10. The van der Waals surface area contributed by atoms with Crippen molar-refractivity contribution in [3.8, 4) is 17.2 Å². The summed E-state index contributed by atoms with van der Waals surface area (Å²) in [6.45, 7) is 0.814. The molecule has 2 aromatic rings. The van der Waals surface area contributed by atoms with Crippen molar-refractivity contribution in [3.05, 3.63) is 53.0 Å². The quantitative estimate of drug-likeness (QED) is 0.786. The average Bonchev–Trinajstić information content (AvgIpc) is 3.21. The molecule has 0 saturated heterocycles. The van der Waals surface area contributed by atoms with E-state index in [9.17, 15) is 0 Å². The van der Waals surface area contributed by atoms with E-state index in [1.807, 2.05) is 42.5 Å². The fourth-order valence-electron chi connectivity index (χ4n) is 1.74. The van der Waals surface area contributed by atoms with Crippen LogP contribution in [0.15, 0.2) is 46.9 Å². The molecule has 1 aliphatic rings. The van der Waals surface area contributed by atoms with Gasteiger partial charge in [-0.15, -0.1) is 0 Å². The maximum atomic E-state index is 5.78. The minimum Gasteiger partial charge on any atom is -0.493 e. The number of halogens is 1. The molecule has 0 unspecified atom stereocenters. The summed E-state index contributed by atoms with van der Waals surface area (Å²) < 4.78 is 12.5. The SMILES string of the molecule is Brc1c[c]cc(Oc2cccc(OCC3CC3)c2)c1. The van der Waals surface area contributed by atoms with Crippen LogP contribution in [0.5, 0.6) is 17.2 Å². The van der Waals surface area contributed by atoms with E-state index in [4.69, 9.17) is 9.47 Å². The van der Waals surface area contributed by atoms with Crippen LogP contribution in [0.2, 0.25) is 0 Å². The molecular weight excluding hydrogens is 304 g/mol. The monoisotopic (exact) mass is 317 g/mol. The van der Waals surface area contributed by atoms with Gasteiger partial charge in [0, 0.05) is 10.5 Å². The van der Waals surface area contributed by atoms with Crippen LogP contribution in [0.3, 0.4) is 0 Å². The zero-order chi connectivity index (χ0) is 13.1. The Balaban J connectivity index is 1.67. The van der Waals surface area contributed by atoms with Gasteiger partial charge in [-0.25, -0.2) is 0 Å². The standard InChI is InChI=1S/C16H14BrO2/c17-13-3-1-5-15(9-13)19-16-6-2-4-14(10-16)18-11-12-7-8-12/h2-6,9-10,12H,7-8,11H2. The molecule has 2 aromatic carbocycles. The Kier molecular flexibility index (Phi) is 3.74. The smallest absolute Gasteiger partial charge is 0.131 e. The fraction of sp³-hybridized carbons (Fsp3) is 0.250. The van der Waals surface area contributed by atoms with Crippen LogP contribution in [-0.2, 0) is 0 Å². The zero-order valence-corrected chi connectivity index (χ0v) is 12.0. The predicted molar refractivity (Wildman–Crippen MR) is 77.7 cm³/mol. The second kappa shape index (κ2) is 5.66. The average molecular weight is 318 g/mol. The van der Waals surface area contributed by atoms with E-state index in [0.717, 1.165) is 34.2 Å². The van der Waals surface area contributed by atoms with E-state index >= 15 is 0 Å².